The molecule has 90 valence electrons. The molecular formula is C13H17N3O. The van der Waals surface area contributed by atoms with Crippen LogP contribution in [0.5, 0.6) is 0 Å². The predicted octanol–water partition coefficient (Wildman–Crippen LogP) is 1.88. The molecule has 1 saturated carbocycles. The standard InChI is InChI=1S/C13H17N3O/c1-16-12-5-2-9(6-7-17-14)8-11(12)15-13(16)10-3-4-10/h2,5,8,10H,3-4,6-7,14H2,1H3. The zero-order chi connectivity index (χ0) is 11.8. The summed E-state index contributed by atoms with van der Waals surface area (Å²) in [5.74, 6) is 6.96. The van der Waals surface area contributed by atoms with Gasteiger partial charge in [0.1, 0.15) is 5.82 Å². The Hall–Kier alpha value is -1.39. The molecule has 17 heavy (non-hydrogen) atoms. The minimum atomic E-state index is 0.549. The lowest BCUT2D eigenvalue weighted by atomic mass is 10.1. The molecule has 1 fully saturated rings. The highest BCUT2D eigenvalue weighted by molar-refractivity contribution is 5.77. The Bertz CT molecular complexity index is 543. The predicted molar refractivity (Wildman–Crippen MR) is 66.5 cm³/mol. The first-order valence-electron chi connectivity index (χ1n) is 6.06. The summed E-state index contributed by atoms with van der Waals surface area (Å²) in [7, 11) is 2.10. The van der Waals surface area contributed by atoms with E-state index in [0.717, 1.165) is 11.9 Å². The average molecular weight is 231 g/mol. The van der Waals surface area contributed by atoms with E-state index in [2.05, 4.69) is 34.7 Å². The van der Waals surface area contributed by atoms with E-state index in [1.165, 1.54) is 29.7 Å². The van der Waals surface area contributed by atoms with Crippen LogP contribution in [0.3, 0.4) is 0 Å². The first kappa shape index (κ1) is 10.7. The van der Waals surface area contributed by atoms with Crippen molar-refractivity contribution in [3.8, 4) is 0 Å². The summed E-state index contributed by atoms with van der Waals surface area (Å²) in [5, 5.41) is 0. The summed E-state index contributed by atoms with van der Waals surface area (Å²) in [4.78, 5) is 9.34. The van der Waals surface area contributed by atoms with E-state index in [0.29, 0.717) is 12.5 Å². The van der Waals surface area contributed by atoms with Crippen LogP contribution in [-0.4, -0.2) is 16.2 Å². The van der Waals surface area contributed by atoms with E-state index < -0.39 is 0 Å². The van der Waals surface area contributed by atoms with Gasteiger partial charge < -0.3 is 9.40 Å². The fourth-order valence-corrected chi connectivity index (χ4v) is 2.30. The number of imidazole rings is 1. The van der Waals surface area contributed by atoms with Gasteiger partial charge in [0.25, 0.3) is 0 Å². The summed E-state index contributed by atoms with van der Waals surface area (Å²) in [6.45, 7) is 0.549. The van der Waals surface area contributed by atoms with E-state index in [4.69, 9.17) is 10.9 Å². The van der Waals surface area contributed by atoms with Gasteiger partial charge in [0.15, 0.2) is 0 Å². The van der Waals surface area contributed by atoms with Crippen molar-refractivity contribution in [3.05, 3.63) is 29.6 Å². The van der Waals surface area contributed by atoms with Crippen LogP contribution in [0.25, 0.3) is 11.0 Å². The topological polar surface area (TPSA) is 53.1 Å². The van der Waals surface area contributed by atoms with Crippen molar-refractivity contribution in [3.63, 3.8) is 0 Å². The molecule has 1 aliphatic rings. The first-order valence-corrected chi connectivity index (χ1v) is 6.06. The summed E-state index contributed by atoms with van der Waals surface area (Å²) < 4.78 is 2.22. The molecule has 0 amide bonds. The molecule has 1 aromatic carbocycles. The van der Waals surface area contributed by atoms with Crippen molar-refractivity contribution in [2.24, 2.45) is 12.9 Å². The smallest absolute Gasteiger partial charge is 0.112 e. The van der Waals surface area contributed by atoms with E-state index in [1.54, 1.807) is 0 Å². The highest BCUT2D eigenvalue weighted by Crippen LogP contribution is 2.40. The molecular weight excluding hydrogens is 214 g/mol. The lowest BCUT2D eigenvalue weighted by Gasteiger charge is -2.01. The maximum Gasteiger partial charge on any atom is 0.112 e. The Morgan fingerprint density at radius 3 is 3.00 bits per heavy atom. The van der Waals surface area contributed by atoms with Gasteiger partial charge in [-0.15, -0.1) is 0 Å². The summed E-state index contributed by atoms with van der Waals surface area (Å²) in [6, 6.07) is 6.40. The van der Waals surface area contributed by atoms with Crippen molar-refractivity contribution in [1.29, 1.82) is 0 Å². The second-order valence-electron chi connectivity index (χ2n) is 4.75. The number of aryl methyl sites for hydroxylation is 1. The number of nitrogens with zero attached hydrogens (tertiary/aromatic N) is 2. The van der Waals surface area contributed by atoms with Gasteiger partial charge in [-0.2, -0.15) is 0 Å². The molecule has 0 saturated heterocycles. The van der Waals surface area contributed by atoms with E-state index >= 15 is 0 Å². The van der Waals surface area contributed by atoms with Crippen molar-refractivity contribution in [2.75, 3.05) is 6.61 Å². The van der Waals surface area contributed by atoms with Gasteiger partial charge in [-0.3, -0.25) is 0 Å². The molecule has 1 heterocycles. The molecule has 0 unspecified atom stereocenters. The quantitative estimate of drug-likeness (QED) is 0.817. The minimum absolute atomic E-state index is 0.549. The number of hydrogen-bond acceptors (Lipinski definition) is 3. The normalized spacial score (nSPS) is 15.6. The lowest BCUT2D eigenvalue weighted by Crippen LogP contribution is -2.03. The monoisotopic (exact) mass is 231 g/mol. The molecule has 0 aliphatic heterocycles. The fraction of sp³-hybridized carbons (Fsp3) is 0.462. The van der Waals surface area contributed by atoms with E-state index in [-0.39, 0.29) is 0 Å². The van der Waals surface area contributed by atoms with Gasteiger partial charge in [0, 0.05) is 13.0 Å². The van der Waals surface area contributed by atoms with Gasteiger partial charge in [-0.05, 0) is 37.0 Å². The van der Waals surface area contributed by atoms with Crippen LogP contribution in [0, 0.1) is 0 Å². The third-order valence-corrected chi connectivity index (χ3v) is 3.43. The van der Waals surface area contributed by atoms with Crippen molar-refractivity contribution >= 4 is 11.0 Å². The molecule has 0 spiro atoms. The maximum absolute atomic E-state index is 5.05. The summed E-state index contributed by atoms with van der Waals surface area (Å²) in [5.41, 5.74) is 3.52. The molecule has 2 N–H and O–H groups in total. The summed E-state index contributed by atoms with van der Waals surface area (Å²) >= 11 is 0. The van der Waals surface area contributed by atoms with E-state index in [9.17, 15) is 0 Å². The molecule has 1 aromatic heterocycles. The molecule has 4 heteroatoms. The molecule has 1 aliphatic carbocycles. The van der Waals surface area contributed by atoms with Crippen LogP contribution in [0.1, 0.15) is 30.1 Å². The van der Waals surface area contributed by atoms with Crippen LogP contribution < -0.4 is 5.90 Å². The van der Waals surface area contributed by atoms with Crippen molar-refractivity contribution < 1.29 is 4.84 Å². The van der Waals surface area contributed by atoms with Crippen LogP contribution in [-0.2, 0) is 18.3 Å². The van der Waals surface area contributed by atoms with Crippen LogP contribution in [0.15, 0.2) is 18.2 Å². The minimum Gasteiger partial charge on any atom is -0.331 e. The number of benzene rings is 1. The molecule has 3 rings (SSSR count). The van der Waals surface area contributed by atoms with Crippen LogP contribution in [0.4, 0.5) is 0 Å². The Kier molecular flexibility index (Phi) is 2.61. The SMILES string of the molecule is Cn1c(C2CC2)nc2cc(CCON)ccc21. The van der Waals surface area contributed by atoms with Gasteiger partial charge in [0.2, 0.25) is 0 Å². The molecule has 0 atom stereocenters. The van der Waals surface area contributed by atoms with Gasteiger partial charge in [-0.1, -0.05) is 6.07 Å². The second kappa shape index (κ2) is 4.13. The van der Waals surface area contributed by atoms with Gasteiger partial charge >= 0.3 is 0 Å². The number of nitrogens with two attached hydrogens (primary N) is 1. The average Bonchev–Trinajstić information content (AvgIpc) is 3.13. The first-order chi connectivity index (χ1) is 8.29. The Labute approximate surface area is 100 Å². The van der Waals surface area contributed by atoms with Gasteiger partial charge in [-0.25, -0.2) is 10.9 Å². The fourth-order valence-electron chi connectivity index (χ4n) is 2.30. The zero-order valence-corrected chi connectivity index (χ0v) is 10.0. The highest BCUT2D eigenvalue weighted by atomic mass is 16.6. The Balaban J connectivity index is 1.98. The maximum atomic E-state index is 5.05. The largest absolute Gasteiger partial charge is 0.331 e. The van der Waals surface area contributed by atoms with Crippen molar-refractivity contribution in [1.82, 2.24) is 9.55 Å². The Morgan fingerprint density at radius 1 is 1.47 bits per heavy atom. The highest BCUT2D eigenvalue weighted by Gasteiger charge is 2.28. The zero-order valence-electron chi connectivity index (χ0n) is 10.0. The molecule has 0 radical (unpaired) electrons. The number of hydrogen-bond donors (Lipinski definition) is 1. The third-order valence-electron chi connectivity index (χ3n) is 3.43. The van der Waals surface area contributed by atoms with Crippen LogP contribution in [0.2, 0.25) is 0 Å². The molecule has 2 aromatic rings. The number of fused-ring (bicyclic) bond motifs is 1. The third kappa shape index (κ3) is 1.94. The number of rotatable bonds is 4. The molecule has 0 bridgehead atoms. The lowest BCUT2D eigenvalue weighted by molar-refractivity contribution is 0.141. The van der Waals surface area contributed by atoms with Gasteiger partial charge in [0.05, 0.1) is 17.6 Å². The Morgan fingerprint density at radius 2 is 2.29 bits per heavy atom. The van der Waals surface area contributed by atoms with Crippen molar-refractivity contribution in [2.45, 2.75) is 25.2 Å². The second-order valence-corrected chi connectivity index (χ2v) is 4.75. The summed E-state index contributed by atoms with van der Waals surface area (Å²) in [6.07, 6.45) is 3.40. The number of aromatic nitrogens is 2. The molecule has 4 nitrogen and oxygen atoms in total. The van der Waals surface area contributed by atoms with Crippen LogP contribution >= 0.6 is 0 Å². The van der Waals surface area contributed by atoms with E-state index in [1.807, 2.05) is 0 Å².